The minimum absolute atomic E-state index is 0.0437. The highest BCUT2D eigenvalue weighted by Crippen LogP contribution is 2.28. The van der Waals surface area contributed by atoms with Crippen LogP contribution >= 0.6 is 27.3 Å². The van der Waals surface area contributed by atoms with Crippen molar-refractivity contribution < 1.29 is 4.74 Å². The lowest BCUT2D eigenvalue weighted by atomic mass is 10.1. The van der Waals surface area contributed by atoms with Crippen LogP contribution in [0.15, 0.2) is 28.1 Å². The van der Waals surface area contributed by atoms with Crippen LogP contribution in [-0.4, -0.2) is 12.1 Å². The lowest BCUT2D eigenvalue weighted by Crippen LogP contribution is -2.13. The lowest BCUT2D eigenvalue weighted by molar-refractivity contribution is 0.412. The van der Waals surface area contributed by atoms with E-state index in [4.69, 9.17) is 10.5 Å². The van der Waals surface area contributed by atoms with Crippen molar-refractivity contribution in [2.24, 2.45) is 5.73 Å². The van der Waals surface area contributed by atoms with Gasteiger partial charge in [-0.3, -0.25) is 0 Å². The summed E-state index contributed by atoms with van der Waals surface area (Å²) < 4.78 is 6.13. The number of aryl methyl sites for hydroxylation is 1. The van der Waals surface area contributed by atoms with E-state index in [0.29, 0.717) is 0 Å². The van der Waals surface area contributed by atoms with Crippen LogP contribution in [0, 0.1) is 6.92 Å². The Balaban J connectivity index is 2.13. The molecule has 2 rings (SSSR count). The molecule has 1 unspecified atom stereocenters. The topological polar surface area (TPSA) is 48.1 Å². The van der Waals surface area contributed by atoms with Gasteiger partial charge in [0.25, 0.3) is 0 Å². The Labute approximate surface area is 119 Å². The third-order valence-electron chi connectivity index (χ3n) is 2.67. The Kier molecular flexibility index (Phi) is 4.37. The molecule has 0 saturated carbocycles. The molecule has 0 aliphatic heterocycles. The fraction of sp³-hybridized carbons (Fsp3) is 0.308. The summed E-state index contributed by atoms with van der Waals surface area (Å²) in [5.74, 6) is 0.816. The van der Waals surface area contributed by atoms with Crippen molar-refractivity contribution in [2.45, 2.75) is 19.4 Å². The number of hydrogen-bond donors (Lipinski definition) is 1. The molecule has 0 radical (unpaired) electrons. The summed E-state index contributed by atoms with van der Waals surface area (Å²) in [5, 5.41) is 3.12. The van der Waals surface area contributed by atoms with Crippen molar-refractivity contribution in [1.82, 2.24) is 4.98 Å². The molecule has 1 heterocycles. The molecular formula is C13H15BrN2OS. The number of nitrogens with two attached hydrogens (primary N) is 1. The first-order valence-corrected chi connectivity index (χ1v) is 7.27. The third kappa shape index (κ3) is 3.10. The summed E-state index contributed by atoms with van der Waals surface area (Å²) in [6.07, 6.45) is 0.761. The molecule has 96 valence electrons. The van der Waals surface area contributed by atoms with Crippen molar-refractivity contribution in [3.63, 3.8) is 0 Å². The smallest absolute Gasteiger partial charge is 0.133 e. The van der Waals surface area contributed by atoms with Crippen molar-refractivity contribution in [3.8, 4) is 5.75 Å². The van der Waals surface area contributed by atoms with E-state index < -0.39 is 0 Å². The van der Waals surface area contributed by atoms with Crippen LogP contribution in [0.3, 0.4) is 0 Å². The van der Waals surface area contributed by atoms with Gasteiger partial charge in [-0.25, -0.2) is 4.98 Å². The molecule has 0 saturated heterocycles. The summed E-state index contributed by atoms with van der Waals surface area (Å²) in [4.78, 5) is 4.43. The second-order valence-corrected chi connectivity index (χ2v) is 5.88. The lowest BCUT2D eigenvalue weighted by Gasteiger charge is -2.12. The standard InChI is InChI=1S/C13H15BrN2OS/c1-8-7-18-13(16-8)6-11(15)9-3-4-12(17-2)10(14)5-9/h3-5,7,11H,6,15H2,1-2H3. The van der Waals surface area contributed by atoms with Gasteiger partial charge in [0.05, 0.1) is 16.6 Å². The number of aromatic nitrogens is 1. The quantitative estimate of drug-likeness (QED) is 0.935. The van der Waals surface area contributed by atoms with Crippen LogP contribution in [0.1, 0.15) is 22.3 Å². The van der Waals surface area contributed by atoms with Gasteiger partial charge in [0.15, 0.2) is 0 Å². The summed E-state index contributed by atoms with van der Waals surface area (Å²) in [5.41, 5.74) is 8.33. The number of rotatable bonds is 4. The van der Waals surface area contributed by atoms with Gasteiger partial charge >= 0.3 is 0 Å². The van der Waals surface area contributed by atoms with E-state index in [2.05, 4.69) is 20.9 Å². The minimum Gasteiger partial charge on any atom is -0.496 e. The van der Waals surface area contributed by atoms with Crippen LogP contribution in [0.4, 0.5) is 0 Å². The molecule has 5 heteroatoms. The molecule has 0 fully saturated rings. The fourth-order valence-corrected chi connectivity index (χ4v) is 3.11. The normalized spacial score (nSPS) is 12.4. The molecule has 1 atom stereocenters. The molecule has 0 aliphatic carbocycles. The Morgan fingerprint density at radius 2 is 2.28 bits per heavy atom. The van der Waals surface area contributed by atoms with E-state index in [1.165, 1.54) is 0 Å². The number of thiazole rings is 1. The Morgan fingerprint density at radius 1 is 1.50 bits per heavy atom. The van der Waals surface area contributed by atoms with E-state index in [-0.39, 0.29) is 6.04 Å². The number of hydrogen-bond acceptors (Lipinski definition) is 4. The summed E-state index contributed by atoms with van der Waals surface area (Å²) in [6.45, 7) is 2.00. The molecule has 3 nitrogen and oxygen atoms in total. The molecule has 0 aliphatic rings. The van der Waals surface area contributed by atoms with E-state index >= 15 is 0 Å². The molecule has 18 heavy (non-hydrogen) atoms. The largest absolute Gasteiger partial charge is 0.496 e. The zero-order chi connectivity index (χ0) is 13.1. The van der Waals surface area contributed by atoms with Gasteiger partial charge in [-0.1, -0.05) is 6.07 Å². The van der Waals surface area contributed by atoms with Crippen LogP contribution in [0.2, 0.25) is 0 Å². The summed E-state index contributed by atoms with van der Waals surface area (Å²) >= 11 is 5.13. The Bertz CT molecular complexity index is 542. The maximum atomic E-state index is 6.20. The number of benzene rings is 1. The maximum absolute atomic E-state index is 6.20. The van der Waals surface area contributed by atoms with Crippen LogP contribution in [0.25, 0.3) is 0 Å². The molecule has 1 aromatic carbocycles. The number of ether oxygens (including phenoxy) is 1. The first-order chi connectivity index (χ1) is 8.60. The maximum Gasteiger partial charge on any atom is 0.133 e. The van der Waals surface area contributed by atoms with Crippen LogP contribution in [-0.2, 0) is 6.42 Å². The second kappa shape index (κ2) is 5.82. The highest BCUT2D eigenvalue weighted by molar-refractivity contribution is 9.10. The number of methoxy groups -OCH3 is 1. The molecule has 2 aromatic rings. The highest BCUT2D eigenvalue weighted by Gasteiger charge is 2.11. The fourth-order valence-electron chi connectivity index (χ4n) is 1.72. The zero-order valence-electron chi connectivity index (χ0n) is 10.3. The molecular weight excluding hydrogens is 312 g/mol. The van der Waals surface area contributed by atoms with Gasteiger partial charge in [-0.15, -0.1) is 11.3 Å². The predicted octanol–water partition coefficient (Wildman–Crippen LogP) is 3.47. The molecule has 0 spiro atoms. The van der Waals surface area contributed by atoms with Gasteiger partial charge in [0.2, 0.25) is 0 Å². The highest BCUT2D eigenvalue weighted by atomic mass is 79.9. The first kappa shape index (κ1) is 13.5. The summed E-state index contributed by atoms with van der Waals surface area (Å²) in [7, 11) is 1.65. The third-order valence-corrected chi connectivity index (χ3v) is 4.27. The Morgan fingerprint density at radius 3 is 2.83 bits per heavy atom. The summed E-state index contributed by atoms with van der Waals surface area (Å²) in [6, 6.07) is 5.88. The van der Waals surface area contributed by atoms with E-state index in [1.54, 1.807) is 18.4 Å². The monoisotopic (exact) mass is 326 g/mol. The average molecular weight is 327 g/mol. The van der Waals surface area contributed by atoms with Gasteiger partial charge in [0.1, 0.15) is 5.75 Å². The van der Waals surface area contributed by atoms with Crippen molar-refractivity contribution in [1.29, 1.82) is 0 Å². The zero-order valence-corrected chi connectivity index (χ0v) is 12.7. The van der Waals surface area contributed by atoms with Crippen LogP contribution in [0.5, 0.6) is 5.75 Å². The van der Waals surface area contributed by atoms with Crippen LogP contribution < -0.4 is 10.5 Å². The molecule has 1 aromatic heterocycles. The van der Waals surface area contributed by atoms with E-state index in [1.807, 2.05) is 30.5 Å². The van der Waals surface area contributed by atoms with Crippen molar-refractivity contribution >= 4 is 27.3 Å². The van der Waals surface area contributed by atoms with Gasteiger partial charge in [-0.05, 0) is 40.5 Å². The van der Waals surface area contributed by atoms with E-state index in [0.717, 1.165) is 32.9 Å². The second-order valence-electron chi connectivity index (χ2n) is 4.09. The molecule has 0 amide bonds. The van der Waals surface area contributed by atoms with Crippen molar-refractivity contribution in [2.75, 3.05) is 7.11 Å². The van der Waals surface area contributed by atoms with Gasteiger partial charge < -0.3 is 10.5 Å². The average Bonchev–Trinajstić information content (AvgIpc) is 2.74. The molecule has 2 N–H and O–H groups in total. The minimum atomic E-state index is -0.0437. The van der Waals surface area contributed by atoms with Gasteiger partial charge in [-0.2, -0.15) is 0 Å². The van der Waals surface area contributed by atoms with E-state index in [9.17, 15) is 0 Å². The van der Waals surface area contributed by atoms with Crippen molar-refractivity contribution in [3.05, 3.63) is 44.3 Å². The Hall–Kier alpha value is -0.910. The number of nitrogens with zero attached hydrogens (tertiary/aromatic N) is 1. The number of halogens is 1. The molecule has 0 bridgehead atoms. The predicted molar refractivity (Wildman–Crippen MR) is 78.2 cm³/mol. The SMILES string of the molecule is COc1ccc(C(N)Cc2nc(C)cs2)cc1Br. The first-order valence-electron chi connectivity index (χ1n) is 5.60. The van der Waals surface area contributed by atoms with Gasteiger partial charge in [0, 0.05) is 23.5 Å².